The van der Waals surface area contributed by atoms with E-state index < -0.39 is 9.84 Å². The van der Waals surface area contributed by atoms with Crippen LogP contribution in [0.25, 0.3) is 11.5 Å². The van der Waals surface area contributed by atoms with Crippen molar-refractivity contribution in [2.75, 3.05) is 11.9 Å². The lowest BCUT2D eigenvalue weighted by molar-refractivity contribution is 0.340. The molecule has 0 spiro atoms. The number of nitrogens with one attached hydrogen (secondary N) is 1. The molecule has 0 bridgehead atoms. The van der Waals surface area contributed by atoms with Crippen LogP contribution in [0, 0.1) is 6.92 Å². The maximum Gasteiger partial charge on any atom is 0.238 e. The number of aryl methyl sites for hydroxylation is 1. The number of halogens is 1. The van der Waals surface area contributed by atoms with Crippen LogP contribution in [0.3, 0.4) is 0 Å². The minimum Gasteiger partial charge on any atom is -0.494 e. The minimum absolute atomic E-state index is 0.0248. The SMILES string of the molecule is CCOc1ccc(-c2nc(S(=O)(=O)c3ccc(C)cc3)c(Nc3ccc(Cl)cc3)o2)cc1. The molecule has 0 radical (unpaired) electrons. The first-order valence-electron chi connectivity index (χ1n) is 9.95. The second-order valence-corrected chi connectivity index (χ2v) is 9.36. The molecule has 0 saturated heterocycles. The molecule has 0 amide bonds. The predicted octanol–water partition coefficient (Wildman–Crippen LogP) is 6.28. The minimum atomic E-state index is -3.94. The largest absolute Gasteiger partial charge is 0.494 e. The van der Waals surface area contributed by atoms with Gasteiger partial charge in [0.25, 0.3) is 0 Å². The number of ether oxygens (including phenoxy) is 1. The number of aromatic nitrogens is 1. The molecule has 0 fully saturated rings. The Morgan fingerprint density at radius 3 is 2.25 bits per heavy atom. The maximum absolute atomic E-state index is 13.4. The standard InChI is InChI=1S/C24H21ClN2O4S/c1-3-30-20-12-6-17(7-13-20)22-27-24(32(28,29)21-14-4-16(2)5-15-21)23(31-22)26-19-10-8-18(25)9-11-19/h4-15,26H,3H2,1-2H3. The molecular weight excluding hydrogens is 448 g/mol. The summed E-state index contributed by atoms with van der Waals surface area (Å²) in [5.41, 5.74) is 2.20. The number of nitrogens with zero attached hydrogens (tertiary/aromatic N) is 1. The fourth-order valence-corrected chi connectivity index (χ4v) is 4.43. The summed E-state index contributed by atoms with van der Waals surface area (Å²) in [6, 6.07) is 20.5. The molecule has 32 heavy (non-hydrogen) atoms. The Kier molecular flexibility index (Phi) is 6.21. The Bertz CT molecular complexity index is 1310. The van der Waals surface area contributed by atoms with Crippen LogP contribution < -0.4 is 10.1 Å². The third-order valence-corrected chi connectivity index (χ3v) is 6.63. The zero-order valence-electron chi connectivity index (χ0n) is 17.5. The molecule has 1 N–H and O–H groups in total. The van der Waals surface area contributed by atoms with Crippen molar-refractivity contribution < 1.29 is 17.6 Å². The van der Waals surface area contributed by atoms with Crippen molar-refractivity contribution in [1.29, 1.82) is 0 Å². The van der Waals surface area contributed by atoms with Gasteiger partial charge in [-0.3, -0.25) is 0 Å². The highest BCUT2D eigenvalue weighted by atomic mass is 35.5. The van der Waals surface area contributed by atoms with Gasteiger partial charge in [-0.15, -0.1) is 0 Å². The normalized spacial score (nSPS) is 11.3. The van der Waals surface area contributed by atoms with Crippen molar-refractivity contribution >= 4 is 33.0 Å². The van der Waals surface area contributed by atoms with Crippen LogP contribution >= 0.6 is 11.6 Å². The molecule has 1 heterocycles. The quantitative estimate of drug-likeness (QED) is 0.344. The first-order valence-corrected chi connectivity index (χ1v) is 11.8. The summed E-state index contributed by atoms with van der Waals surface area (Å²) in [7, 11) is -3.94. The molecule has 164 valence electrons. The summed E-state index contributed by atoms with van der Waals surface area (Å²) in [5, 5.41) is 3.39. The van der Waals surface area contributed by atoms with E-state index in [9.17, 15) is 8.42 Å². The van der Waals surface area contributed by atoms with Crippen LogP contribution in [0.4, 0.5) is 11.6 Å². The van der Waals surface area contributed by atoms with Gasteiger partial charge in [0.1, 0.15) is 5.75 Å². The van der Waals surface area contributed by atoms with Crippen molar-refractivity contribution in [3.05, 3.63) is 83.4 Å². The number of benzene rings is 3. The summed E-state index contributed by atoms with van der Waals surface area (Å²) >= 11 is 5.96. The number of anilines is 2. The highest BCUT2D eigenvalue weighted by Crippen LogP contribution is 2.34. The van der Waals surface area contributed by atoms with Crippen LogP contribution in [0.2, 0.25) is 5.02 Å². The number of hydrogen-bond acceptors (Lipinski definition) is 6. The second-order valence-electron chi connectivity index (χ2n) is 7.06. The van der Waals surface area contributed by atoms with Crippen LogP contribution in [0.5, 0.6) is 5.75 Å². The van der Waals surface area contributed by atoms with E-state index in [2.05, 4.69) is 10.3 Å². The third-order valence-electron chi connectivity index (χ3n) is 4.70. The molecule has 0 saturated carbocycles. The average molecular weight is 469 g/mol. The maximum atomic E-state index is 13.4. The van der Waals surface area contributed by atoms with E-state index in [1.165, 1.54) is 0 Å². The van der Waals surface area contributed by atoms with E-state index in [-0.39, 0.29) is 21.7 Å². The van der Waals surface area contributed by atoms with E-state index >= 15 is 0 Å². The number of sulfone groups is 1. The fourth-order valence-electron chi connectivity index (χ4n) is 3.04. The van der Waals surface area contributed by atoms with Gasteiger partial charge in [-0.25, -0.2) is 8.42 Å². The van der Waals surface area contributed by atoms with Gasteiger partial charge in [0, 0.05) is 16.3 Å². The van der Waals surface area contributed by atoms with Crippen LogP contribution in [0.15, 0.2) is 87.1 Å². The van der Waals surface area contributed by atoms with Gasteiger partial charge < -0.3 is 14.5 Å². The molecule has 1 aromatic heterocycles. The Morgan fingerprint density at radius 2 is 1.62 bits per heavy atom. The molecule has 8 heteroatoms. The van der Waals surface area contributed by atoms with E-state index in [1.807, 2.05) is 13.8 Å². The number of rotatable bonds is 7. The van der Waals surface area contributed by atoms with Crippen molar-refractivity contribution in [2.45, 2.75) is 23.8 Å². The topological polar surface area (TPSA) is 81.4 Å². The number of hydrogen-bond donors (Lipinski definition) is 1. The molecular formula is C24H21ClN2O4S. The Labute approximate surface area is 191 Å². The summed E-state index contributed by atoms with van der Waals surface area (Å²) in [5.74, 6) is 0.904. The third kappa shape index (κ3) is 4.64. The zero-order valence-corrected chi connectivity index (χ0v) is 19.1. The zero-order chi connectivity index (χ0) is 22.7. The molecule has 0 aliphatic rings. The summed E-state index contributed by atoms with van der Waals surface area (Å²) < 4.78 is 38.1. The fraction of sp³-hybridized carbons (Fsp3) is 0.125. The molecule has 0 aliphatic heterocycles. The Hall–Kier alpha value is -3.29. The first-order chi connectivity index (χ1) is 15.4. The Morgan fingerprint density at radius 1 is 0.969 bits per heavy atom. The molecule has 3 aromatic carbocycles. The molecule has 0 unspecified atom stereocenters. The van der Waals surface area contributed by atoms with Gasteiger partial charge in [-0.05, 0) is 74.5 Å². The molecule has 0 atom stereocenters. The van der Waals surface area contributed by atoms with Gasteiger partial charge in [-0.2, -0.15) is 4.98 Å². The van der Waals surface area contributed by atoms with Gasteiger partial charge in [0.2, 0.25) is 26.6 Å². The van der Waals surface area contributed by atoms with Crippen LogP contribution in [0.1, 0.15) is 12.5 Å². The predicted molar refractivity (Wildman–Crippen MR) is 124 cm³/mol. The van der Waals surface area contributed by atoms with E-state index in [1.54, 1.807) is 72.8 Å². The lowest BCUT2D eigenvalue weighted by atomic mass is 10.2. The van der Waals surface area contributed by atoms with Gasteiger partial charge in [0.05, 0.1) is 11.5 Å². The van der Waals surface area contributed by atoms with Gasteiger partial charge in [0.15, 0.2) is 0 Å². The van der Waals surface area contributed by atoms with E-state index in [0.717, 1.165) is 5.56 Å². The van der Waals surface area contributed by atoms with Crippen molar-refractivity contribution in [3.63, 3.8) is 0 Å². The van der Waals surface area contributed by atoms with Gasteiger partial charge in [-0.1, -0.05) is 29.3 Å². The van der Waals surface area contributed by atoms with E-state index in [0.29, 0.717) is 28.6 Å². The summed E-state index contributed by atoms with van der Waals surface area (Å²) in [6.45, 7) is 4.34. The average Bonchev–Trinajstić information content (AvgIpc) is 3.21. The summed E-state index contributed by atoms with van der Waals surface area (Å²) in [4.78, 5) is 4.49. The summed E-state index contributed by atoms with van der Waals surface area (Å²) in [6.07, 6.45) is 0. The van der Waals surface area contributed by atoms with Gasteiger partial charge >= 0.3 is 0 Å². The Balaban J connectivity index is 1.79. The number of oxazole rings is 1. The highest BCUT2D eigenvalue weighted by Gasteiger charge is 2.28. The second kappa shape index (κ2) is 9.06. The van der Waals surface area contributed by atoms with Crippen molar-refractivity contribution in [2.24, 2.45) is 0 Å². The van der Waals surface area contributed by atoms with Crippen molar-refractivity contribution in [1.82, 2.24) is 4.98 Å². The molecule has 4 aromatic rings. The molecule has 6 nitrogen and oxygen atoms in total. The van der Waals surface area contributed by atoms with E-state index in [4.69, 9.17) is 20.8 Å². The van der Waals surface area contributed by atoms with Crippen LogP contribution in [-0.2, 0) is 9.84 Å². The van der Waals surface area contributed by atoms with Crippen molar-refractivity contribution in [3.8, 4) is 17.2 Å². The first kappa shape index (κ1) is 21.9. The van der Waals surface area contributed by atoms with Crippen LogP contribution in [-0.4, -0.2) is 20.0 Å². The lowest BCUT2D eigenvalue weighted by Gasteiger charge is -2.06. The monoisotopic (exact) mass is 468 g/mol. The lowest BCUT2D eigenvalue weighted by Crippen LogP contribution is -2.05. The highest BCUT2D eigenvalue weighted by molar-refractivity contribution is 7.91. The smallest absolute Gasteiger partial charge is 0.238 e. The molecule has 4 rings (SSSR count). The molecule has 0 aliphatic carbocycles.